The van der Waals surface area contributed by atoms with Crippen LogP contribution in [-0.4, -0.2) is 43.9 Å². The molecule has 1 saturated carbocycles. The van der Waals surface area contributed by atoms with Crippen molar-refractivity contribution in [3.63, 3.8) is 0 Å². The van der Waals surface area contributed by atoms with E-state index in [1.165, 1.54) is 12.1 Å². The molecule has 0 radical (unpaired) electrons. The van der Waals surface area contributed by atoms with Gasteiger partial charge in [0.2, 0.25) is 11.8 Å². The highest BCUT2D eigenvalue weighted by molar-refractivity contribution is 7.91. The molecule has 0 heterocycles. The Morgan fingerprint density at radius 1 is 0.976 bits per heavy atom. The minimum Gasteiger partial charge on any atom is -0.334 e. The maximum absolute atomic E-state index is 13.9. The van der Waals surface area contributed by atoms with Crippen LogP contribution in [0, 0.1) is 5.92 Å². The summed E-state index contributed by atoms with van der Waals surface area (Å²) >= 11 is 6.07. The number of sulfone groups is 1. The van der Waals surface area contributed by atoms with Gasteiger partial charge in [0.05, 0.1) is 23.1 Å². The first-order chi connectivity index (χ1) is 19.4. The Morgan fingerprint density at radius 2 is 1.56 bits per heavy atom. The van der Waals surface area contributed by atoms with E-state index < -0.39 is 21.8 Å². The molecule has 2 amide bonds. The van der Waals surface area contributed by atoms with Gasteiger partial charge in [0.1, 0.15) is 0 Å². The number of alkyl halides is 2. The number of nitrogens with zero attached hydrogens (tertiary/aromatic N) is 1. The summed E-state index contributed by atoms with van der Waals surface area (Å²) in [6.07, 6.45) is 0.249. The van der Waals surface area contributed by atoms with Crippen LogP contribution in [0.2, 0.25) is 5.02 Å². The second-order valence-corrected chi connectivity index (χ2v) is 13.2. The fraction of sp³-hybridized carbons (Fsp3) is 0.355. The van der Waals surface area contributed by atoms with E-state index in [1.54, 1.807) is 67.4 Å². The number of rotatable bonds is 9. The lowest BCUT2D eigenvalue weighted by Gasteiger charge is -2.39. The number of hydrogen-bond donors (Lipinski definition) is 1. The van der Waals surface area contributed by atoms with E-state index >= 15 is 0 Å². The highest BCUT2D eigenvalue weighted by Crippen LogP contribution is 2.43. The van der Waals surface area contributed by atoms with Gasteiger partial charge in [0, 0.05) is 36.2 Å². The van der Waals surface area contributed by atoms with Gasteiger partial charge in [0.25, 0.3) is 5.91 Å². The van der Waals surface area contributed by atoms with Crippen LogP contribution >= 0.6 is 11.6 Å². The van der Waals surface area contributed by atoms with Crippen molar-refractivity contribution in [1.82, 2.24) is 4.90 Å². The number of halogens is 3. The molecule has 10 heteroatoms. The topological polar surface area (TPSA) is 83.5 Å². The minimum absolute atomic E-state index is 0.00238. The summed E-state index contributed by atoms with van der Waals surface area (Å²) in [4.78, 5) is 27.9. The first-order valence-electron chi connectivity index (χ1n) is 13.5. The molecule has 1 aliphatic rings. The molecule has 1 aliphatic carbocycles. The lowest BCUT2D eigenvalue weighted by molar-refractivity contribution is -0.115. The number of benzene rings is 3. The van der Waals surface area contributed by atoms with E-state index in [0.717, 1.165) is 5.56 Å². The Labute approximate surface area is 244 Å². The predicted molar refractivity (Wildman–Crippen MR) is 156 cm³/mol. The van der Waals surface area contributed by atoms with Gasteiger partial charge >= 0.3 is 0 Å². The van der Waals surface area contributed by atoms with Crippen LogP contribution in [0.4, 0.5) is 14.5 Å². The minimum atomic E-state index is -3.31. The third-order valence-electron chi connectivity index (χ3n) is 7.60. The van der Waals surface area contributed by atoms with Gasteiger partial charge in [-0.1, -0.05) is 42.8 Å². The van der Waals surface area contributed by atoms with Gasteiger partial charge in [-0.05, 0) is 78.4 Å². The number of nitrogens with one attached hydrogen (secondary N) is 1. The molecule has 0 unspecified atom stereocenters. The SMILES string of the molecule is CCS(=O)(=O)c1ccc(CC(=O)Nc2ccc(C(=O)N(C)[C@@H](c3ccc(Cl)cc3)C3CCC(F)(F)CC3)cc2)cc1. The zero-order chi connectivity index (χ0) is 29.8. The molecular weight excluding hydrogens is 570 g/mol. The highest BCUT2D eigenvalue weighted by atomic mass is 35.5. The van der Waals surface area contributed by atoms with Gasteiger partial charge < -0.3 is 10.2 Å². The van der Waals surface area contributed by atoms with Gasteiger partial charge in [0.15, 0.2) is 9.84 Å². The standard InChI is InChI=1S/C31H33ClF2N2O4S/c1-3-41(39,40)27-14-4-21(5-15-27)20-28(37)35-26-12-8-24(9-13-26)30(38)36(2)29(22-6-10-25(32)11-7-22)23-16-18-31(33,34)19-17-23/h4-15,23,29H,3,16-20H2,1-2H3,(H,35,37)/t29-/m0/s1. The molecule has 218 valence electrons. The number of carbonyl (C=O) groups excluding carboxylic acids is 2. The van der Waals surface area contributed by atoms with Crippen molar-refractivity contribution in [3.05, 3.63) is 94.5 Å². The lowest BCUT2D eigenvalue weighted by atomic mass is 9.79. The Bertz CT molecular complexity index is 1470. The summed E-state index contributed by atoms with van der Waals surface area (Å²) in [6, 6.07) is 19.5. The number of amides is 2. The fourth-order valence-electron chi connectivity index (χ4n) is 5.25. The Kier molecular flexibility index (Phi) is 9.49. The molecular formula is C31H33ClF2N2O4S. The molecule has 1 fully saturated rings. The van der Waals surface area contributed by atoms with Crippen molar-refractivity contribution in [1.29, 1.82) is 0 Å². The first kappa shape index (κ1) is 30.7. The summed E-state index contributed by atoms with van der Waals surface area (Å²) in [5, 5.41) is 3.34. The molecule has 0 aromatic heterocycles. The van der Waals surface area contributed by atoms with Crippen LogP contribution in [-0.2, 0) is 21.1 Å². The molecule has 3 aromatic rings. The first-order valence-corrected chi connectivity index (χ1v) is 15.5. The maximum Gasteiger partial charge on any atom is 0.254 e. The summed E-state index contributed by atoms with van der Waals surface area (Å²) in [5.41, 5.74) is 2.41. The normalized spacial score (nSPS) is 16.1. The molecule has 41 heavy (non-hydrogen) atoms. The van der Waals surface area contributed by atoms with Crippen molar-refractivity contribution >= 4 is 38.9 Å². The molecule has 0 aliphatic heterocycles. The molecule has 1 atom stereocenters. The largest absolute Gasteiger partial charge is 0.334 e. The maximum atomic E-state index is 13.9. The van der Waals surface area contributed by atoms with Crippen LogP contribution in [0.1, 0.15) is 60.1 Å². The molecule has 0 bridgehead atoms. The lowest BCUT2D eigenvalue weighted by Crippen LogP contribution is -2.38. The van der Waals surface area contributed by atoms with Crippen molar-refractivity contribution in [2.24, 2.45) is 5.92 Å². The third kappa shape index (κ3) is 7.71. The summed E-state index contributed by atoms with van der Waals surface area (Å²) in [5.74, 6) is -3.35. The van der Waals surface area contributed by atoms with Gasteiger partial charge in [-0.15, -0.1) is 0 Å². The van der Waals surface area contributed by atoms with Crippen LogP contribution in [0.5, 0.6) is 0 Å². The number of anilines is 1. The molecule has 4 rings (SSSR count). The average molecular weight is 603 g/mol. The molecule has 1 N–H and O–H groups in total. The number of hydrogen-bond acceptors (Lipinski definition) is 4. The van der Waals surface area contributed by atoms with E-state index in [0.29, 0.717) is 34.7 Å². The molecule has 0 spiro atoms. The number of carbonyl (C=O) groups is 2. The van der Waals surface area contributed by atoms with E-state index in [9.17, 15) is 26.8 Å². The monoisotopic (exact) mass is 602 g/mol. The Balaban J connectivity index is 1.43. The highest BCUT2D eigenvalue weighted by Gasteiger charge is 2.40. The van der Waals surface area contributed by atoms with Gasteiger partial charge in [-0.3, -0.25) is 9.59 Å². The Hall–Kier alpha value is -3.30. The second kappa shape index (κ2) is 12.7. The van der Waals surface area contributed by atoms with Crippen LogP contribution < -0.4 is 5.32 Å². The smallest absolute Gasteiger partial charge is 0.254 e. The van der Waals surface area contributed by atoms with Crippen molar-refractivity contribution < 1.29 is 26.8 Å². The molecule has 6 nitrogen and oxygen atoms in total. The average Bonchev–Trinajstić information content (AvgIpc) is 2.95. The van der Waals surface area contributed by atoms with Crippen molar-refractivity contribution in [2.75, 3.05) is 18.1 Å². The van der Waals surface area contributed by atoms with E-state index in [2.05, 4.69) is 5.32 Å². The quantitative estimate of drug-likeness (QED) is 0.287. The van der Waals surface area contributed by atoms with Crippen LogP contribution in [0.15, 0.2) is 77.7 Å². The zero-order valence-electron chi connectivity index (χ0n) is 22.9. The summed E-state index contributed by atoms with van der Waals surface area (Å²) in [7, 11) is -1.63. The zero-order valence-corrected chi connectivity index (χ0v) is 24.5. The van der Waals surface area contributed by atoms with Crippen molar-refractivity contribution in [3.8, 4) is 0 Å². The van der Waals surface area contributed by atoms with Gasteiger partial charge in [-0.2, -0.15) is 0 Å². The summed E-state index contributed by atoms with van der Waals surface area (Å²) in [6.45, 7) is 1.58. The van der Waals surface area contributed by atoms with Gasteiger partial charge in [-0.25, -0.2) is 17.2 Å². The fourth-order valence-corrected chi connectivity index (χ4v) is 6.26. The van der Waals surface area contributed by atoms with Crippen molar-refractivity contribution in [2.45, 2.75) is 55.9 Å². The van der Waals surface area contributed by atoms with E-state index in [1.807, 2.05) is 12.1 Å². The second-order valence-electron chi connectivity index (χ2n) is 10.5. The summed E-state index contributed by atoms with van der Waals surface area (Å²) < 4.78 is 51.7. The predicted octanol–water partition coefficient (Wildman–Crippen LogP) is 6.95. The Morgan fingerprint density at radius 3 is 2.12 bits per heavy atom. The van der Waals surface area contributed by atoms with E-state index in [4.69, 9.17) is 11.6 Å². The van der Waals surface area contributed by atoms with Crippen LogP contribution in [0.25, 0.3) is 0 Å². The molecule has 3 aromatic carbocycles. The third-order valence-corrected chi connectivity index (χ3v) is 9.60. The van der Waals surface area contributed by atoms with Crippen LogP contribution in [0.3, 0.4) is 0 Å². The van der Waals surface area contributed by atoms with E-state index in [-0.39, 0.29) is 47.6 Å². The molecule has 0 saturated heterocycles.